The number of para-hydroxylation sites is 1. The highest BCUT2D eigenvalue weighted by Gasteiger charge is 2.20. The molecule has 20 heavy (non-hydrogen) atoms. The van der Waals surface area contributed by atoms with Crippen molar-refractivity contribution in [2.75, 3.05) is 5.32 Å². The molecule has 0 saturated carbocycles. The van der Waals surface area contributed by atoms with Crippen LogP contribution in [0.3, 0.4) is 0 Å². The van der Waals surface area contributed by atoms with Crippen LogP contribution in [0.2, 0.25) is 0 Å². The second kappa shape index (κ2) is 5.90. The minimum Gasteiger partial charge on any atom is -0.361 e. The normalized spacial score (nSPS) is 10.6. The summed E-state index contributed by atoms with van der Waals surface area (Å²) in [5.74, 6) is 0.413. The van der Waals surface area contributed by atoms with Crippen molar-refractivity contribution in [3.05, 3.63) is 46.3 Å². The number of carbonyl (C=O) groups is 1. The van der Waals surface area contributed by atoms with Gasteiger partial charge in [0.2, 0.25) is 0 Å². The summed E-state index contributed by atoms with van der Waals surface area (Å²) in [6.07, 6.45) is 1.55. The van der Waals surface area contributed by atoms with E-state index in [9.17, 15) is 4.79 Å². The van der Waals surface area contributed by atoms with Crippen molar-refractivity contribution in [2.24, 2.45) is 0 Å². The summed E-state index contributed by atoms with van der Waals surface area (Å²) < 4.78 is 5.12. The number of benzene rings is 1. The van der Waals surface area contributed by atoms with Gasteiger partial charge in [-0.05, 0) is 37.8 Å². The van der Waals surface area contributed by atoms with Gasteiger partial charge in [-0.2, -0.15) is 0 Å². The van der Waals surface area contributed by atoms with Crippen LogP contribution in [-0.2, 0) is 12.8 Å². The lowest BCUT2D eigenvalue weighted by Crippen LogP contribution is -2.16. The van der Waals surface area contributed by atoms with Crippen LogP contribution in [0.15, 0.2) is 22.7 Å². The quantitative estimate of drug-likeness (QED) is 0.924. The monoisotopic (exact) mass is 272 g/mol. The lowest BCUT2D eigenvalue weighted by Gasteiger charge is -2.12. The second-order valence-electron chi connectivity index (χ2n) is 4.83. The third kappa shape index (κ3) is 2.59. The Morgan fingerprint density at radius 2 is 2.00 bits per heavy atom. The van der Waals surface area contributed by atoms with Gasteiger partial charge >= 0.3 is 0 Å². The van der Waals surface area contributed by atoms with E-state index in [1.54, 1.807) is 6.92 Å². The first kappa shape index (κ1) is 14.3. The van der Waals surface area contributed by atoms with E-state index in [1.807, 2.05) is 32.0 Å². The Morgan fingerprint density at radius 3 is 2.65 bits per heavy atom. The summed E-state index contributed by atoms with van der Waals surface area (Å²) in [5, 5.41) is 6.93. The molecule has 0 radical (unpaired) electrons. The number of nitrogens with one attached hydrogen (secondary N) is 1. The Hall–Kier alpha value is -2.10. The predicted molar refractivity (Wildman–Crippen MR) is 79.1 cm³/mol. The molecule has 0 aliphatic rings. The molecular weight excluding hydrogens is 252 g/mol. The molecule has 1 N–H and O–H groups in total. The third-order valence-corrected chi connectivity index (χ3v) is 3.47. The van der Waals surface area contributed by atoms with Crippen LogP contribution >= 0.6 is 0 Å². The van der Waals surface area contributed by atoms with Gasteiger partial charge in [0.25, 0.3) is 5.91 Å². The maximum absolute atomic E-state index is 12.5. The number of amides is 1. The summed E-state index contributed by atoms with van der Waals surface area (Å²) in [7, 11) is 0. The first-order chi connectivity index (χ1) is 9.58. The van der Waals surface area contributed by atoms with E-state index in [-0.39, 0.29) is 5.91 Å². The molecule has 106 valence electrons. The molecule has 2 rings (SSSR count). The summed E-state index contributed by atoms with van der Waals surface area (Å²) >= 11 is 0. The maximum Gasteiger partial charge on any atom is 0.261 e. The van der Waals surface area contributed by atoms with Crippen molar-refractivity contribution in [3.8, 4) is 0 Å². The predicted octanol–water partition coefficient (Wildman–Crippen LogP) is 3.67. The summed E-state index contributed by atoms with van der Waals surface area (Å²) in [6.45, 7) is 7.79. The molecule has 0 fully saturated rings. The van der Waals surface area contributed by atoms with E-state index < -0.39 is 0 Å². The van der Waals surface area contributed by atoms with E-state index >= 15 is 0 Å². The SMILES string of the molecule is CCc1cccc(C)c1NC(=O)c1c(CC)noc1C. The molecule has 1 heterocycles. The molecule has 1 amide bonds. The lowest BCUT2D eigenvalue weighted by atomic mass is 10.0. The summed E-state index contributed by atoms with van der Waals surface area (Å²) in [6, 6.07) is 6.03. The van der Waals surface area contributed by atoms with Crippen LogP contribution in [0.1, 0.15) is 46.8 Å². The second-order valence-corrected chi connectivity index (χ2v) is 4.83. The van der Waals surface area contributed by atoms with Gasteiger partial charge in [0.15, 0.2) is 0 Å². The zero-order valence-corrected chi connectivity index (χ0v) is 12.4. The summed E-state index contributed by atoms with van der Waals surface area (Å²) in [4.78, 5) is 12.5. The Morgan fingerprint density at radius 1 is 1.25 bits per heavy atom. The van der Waals surface area contributed by atoms with Crippen molar-refractivity contribution >= 4 is 11.6 Å². The van der Waals surface area contributed by atoms with Gasteiger partial charge in [-0.1, -0.05) is 37.2 Å². The largest absolute Gasteiger partial charge is 0.361 e. The maximum atomic E-state index is 12.5. The molecule has 0 spiro atoms. The van der Waals surface area contributed by atoms with Gasteiger partial charge in [-0.3, -0.25) is 4.79 Å². The van der Waals surface area contributed by atoms with Gasteiger partial charge < -0.3 is 9.84 Å². The van der Waals surface area contributed by atoms with Crippen molar-refractivity contribution in [3.63, 3.8) is 0 Å². The molecular formula is C16H20N2O2. The minimum atomic E-state index is -0.149. The highest BCUT2D eigenvalue weighted by molar-refractivity contribution is 6.06. The first-order valence-corrected chi connectivity index (χ1v) is 6.93. The molecule has 0 unspecified atom stereocenters. The molecule has 2 aromatic rings. The minimum absolute atomic E-state index is 0.149. The number of hydrogen-bond acceptors (Lipinski definition) is 3. The zero-order valence-electron chi connectivity index (χ0n) is 12.4. The Labute approximate surface area is 119 Å². The lowest BCUT2D eigenvalue weighted by molar-refractivity contribution is 0.102. The van der Waals surface area contributed by atoms with Crippen molar-refractivity contribution < 1.29 is 9.32 Å². The van der Waals surface area contributed by atoms with Crippen molar-refractivity contribution in [2.45, 2.75) is 40.5 Å². The smallest absolute Gasteiger partial charge is 0.261 e. The van der Waals surface area contributed by atoms with E-state index in [1.165, 1.54) is 0 Å². The highest BCUT2D eigenvalue weighted by Crippen LogP contribution is 2.23. The number of aromatic nitrogens is 1. The van der Waals surface area contributed by atoms with Crippen LogP contribution in [0.25, 0.3) is 0 Å². The Bertz CT molecular complexity index is 629. The summed E-state index contributed by atoms with van der Waals surface area (Å²) in [5.41, 5.74) is 4.34. The van der Waals surface area contributed by atoms with Crippen LogP contribution < -0.4 is 5.32 Å². The number of aryl methyl sites for hydroxylation is 4. The van der Waals surface area contributed by atoms with Gasteiger partial charge in [0.05, 0.1) is 5.69 Å². The molecule has 0 aliphatic heterocycles. The fourth-order valence-corrected chi connectivity index (χ4v) is 2.33. The van der Waals surface area contributed by atoms with E-state index in [0.29, 0.717) is 23.4 Å². The fraction of sp³-hybridized carbons (Fsp3) is 0.375. The number of anilines is 1. The Kier molecular flexibility index (Phi) is 4.23. The number of carbonyl (C=O) groups excluding carboxylic acids is 1. The molecule has 4 nitrogen and oxygen atoms in total. The molecule has 4 heteroatoms. The molecule has 1 aromatic carbocycles. The molecule has 0 atom stereocenters. The fourth-order valence-electron chi connectivity index (χ4n) is 2.33. The van der Waals surface area contributed by atoms with Crippen molar-refractivity contribution in [1.29, 1.82) is 0 Å². The number of rotatable bonds is 4. The average molecular weight is 272 g/mol. The Balaban J connectivity index is 2.35. The van der Waals surface area contributed by atoms with E-state index in [0.717, 1.165) is 23.2 Å². The standard InChI is InChI=1S/C16H20N2O2/c1-5-12-9-7-8-10(3)15(12)17-16(19)14-11(4)20-18-13(14)6-2/h7-9H,5-6H2,1-4H3,(H,17,19). The van der Waals surface area contributed by atoms with Gasteiger partial charge in [-0.15, -0.1) is 0 Å². The molecule has 1 aromatic heterocycles. The molecule has 0 bridgehead atoms. The first-order valence-electron chi connectivity index (χ1n) is 6.93. The topological polar surface area (TPSA) is 55.1 Å². The zero-order chi connectivity index (χ0) is 14.7. The van der Waals surface area contributed by atoms with Gasteiger partial charge in [0, 0.05) is 5.69 Å². The van der Waals surface area contributed by atoms with Crippen LogP contribution in [0, 0.1) is 13.8 Å². The highest BCUT2D eigenvalue weighted by atomic mass is 16.5. The van der Waals surface area contributed by atoms with Crippen molar-refractivity contribution in [1.82, 2.24) is 5.16 Å². The van der Waals surface area contributed by atoms with Crippen LogP contribution in [0.5, 0.6) is 0 Å². The molecule has 0 saturated heterocycles. The third-order valence-electron chi connectivity index (χ3n) is 3.47. The number of nitrogens with zero attached hydrogens (tertiary/aromatic N) is 1. The average Bonchev–Trinajstić information content (AvgIpc) is 2.82. The van der Waals surface area contributed by atoms with E-state index in [4.69, 9.17) is 4.52 Å². The molecule has 0 aliphatic carbocycles. The van der Waals surface area contributed by atoms with Crippen LogP contribution in [0.4, 0.5) is 5.69 Å². The van der Waals surface area contributed by atoms with Gasteiger partial charge in [0.1, 0.15) is 11.3 Å². The van der Waals surface area contributed by atoms with E-state index in [2.05, 4.69) is 17.4 Å². The van der Waals surface area contributed by atoms with Crippen LogP contribution in [-0.4, -0.2) is 11.1 Å². The number of hydrogen-bond donors (Lipinski definition) is 1. The van der Waals surface area contributed by atoms with Gasteiger partial charge in [-0.25, -0.2) is 0 Å².